The van der Waals surface area contributed by atoms with Crippen molar-refractivity contribution in [3.8, 4) is 0 Å². The summed E-state index contributed by atoms with van der Waals surface area (Å²) >= 11 is 0. The summed E-state index contributed by atoms with van der Waals surface area (Å²) < 4.78 is 6.51. The number of aromatic nitrogens is 3. The minimum atomic E-state index is -0.0462. The van der Waals surface area contributed by atoms with Crippen LogP contribution in [0.25, 0.3) is 21.9 Å². The van der Waals surface area contributed by atoms with Crippen molar-refractivity contribution in [2.75, 3.05) is 0 Å². The zero-order valence-corrected chi connectivity index (χ0v) is 13.3. The molecule has 0 N–H and O–H groups in total. The van der Waals surface area contributed by atoms with E-state index >= 15 is 0 Å². The van der Waals surface area contributed by atoms with E-state index in [1.165, 1.54) is 6.92 Å². The molecule has 0 radical (unpaired) electrons. The molecule has 0 atom stereocenters. The SMILES string of the molecule is CC(=O)c1c(C)n(OCc2ccccc2)c2ccc3nonc3c12. The first kappa shape index (κ1) is 14.4. The molecular weight excluding hydrogens is 306 g/mol. The highest BCUT2D eigenvalue weighted by atomic mass is 16.7. The average molecular weight is 321 g/mol. The van der Waals surface area contributed by atoms with Gasteiger partial charge in [0.05, 0.1) is 16.8 Å². The number of Topliss-reactive ketones (excluding diaryl/α,β-unsaturated/α-hetero) is 1. The van der Waals surface area contributed by atoms with E-state index in [1.54, 1.807) is 10.8 Å². The van der Waals surface area contributed by atoms with Crippen LogP contribution in [0.15, 0.2) is 47.1 Å². The highest BCUT2D eigenvalue weighted by molar-refractivity contribution is 6.16. The van der Waals surface area contributed by atoms with Crippen molar-refractivity contribution >= 4 is 27.7 Å². The molecule has 4 aromatic rings. The minimum Gasteiger partial charge on any atom is -0.409 e. The Morgan fingerprint density at radius 3 is 2.71 bits per heavy atom. The monoisotopic (exact) mass is 321 g/mol. The molecule has 0 unspecified atom stereocenters. The van der Waals surface area contributed by atoms with Gasteiger partial charge in [-0.1, -0.05) is 30.3 Å². The van der Waals surface area contributed by atoms with E-state index in [1.807, 2.05) is 43.3 Å². The van der Waals surface area contributed by atoms with Gasteiger partial charge in [0.2, 0.25) is 0 Å². The second-order valence-corrected chi connectivity index (χ2v) is 5.66. The Morgan fingerprint density at radius 1 is 1.17 bits per heavy atom. The quantitative estimate of drug-likeness (QED) is 0.539. The third kappa shape index (κ3) is 2.15. The lowest BCUT2D eigenvalue weighted by Gasteiger charge is -2.10. The fraction of sp³-hybridized carbons (Fsp3) is 0.167. The summed E-state index contributed by atoms with van der Waals surface area (Å²) in [5.74, 6) is -0.0462. The van der Waals surface area contributed by atoms with Gasteiger partial charge in [-0.15, -0.1) is 0 Å². The average Bonchev–Trinajstić information content (AvgIpc) is 3.15. The second kappa shape index (κ2) is 5.49. The highest BCUT2D eigenvalue weighted by Crippen LogP contribution is 2.31. The third-order valence-electron chi connectivity index (χ3n) is 4.10. The summed E-state index contributed by atoms with van der Waals surface area (Å²) in [5, 5.41) is 8.52. The largest absolute Gasteiger partial charge is 0.409 e. The number of carbonyl (C=O) groups excluding carboxylic acids is 1. The maximum Gasteiger partial charge on any atom is 0.162 e. The van der Waals surface area contributed by atoms with Gasteiger partial charge in [-0.3, -0.25) is 4.79 Å². The highest BCUT2D eigenvalue weighted by Gasteiger charge is 2.22. The molecule has 0 amide bonds. The van der Waals surface area contributed by atoms with Crippen LogP contribution in [-0.2, 0) is 6.61 Å². The first-order valence-electron chi connectivity index (χ1n) is 7.61. The minimum absolute atomic E-state index is 0.0462. The molecule has 2 aromatic heterocycles. The van der Waals surface area contributed by atoms with Gasteiger partial charge >= 0.3 is 0 Å². The van der Waals surface area contributed by atoms with Crippen LogP contribution >= 0.6 is 0 Å². The molecule has 0 saturated heterocycles. The van der Waals surface area contributed by atoms with E-state index in [9.17, 15) is 4.79 Å². The third-order valence-corrected chi connectivity index (χ3v) is 4.10. The van der Waals surface area contributed by atoms with Crippen molar-refractivity contribution in [3.63, 3.8) is 0 Å². The van der Waals surface area contributed by atoms with Crippen molar-refractivity contribution in [3.05, 3.63) is 59.3 Å². The fourth-order valence-corrected chi connectivity index (χ4v) is 3.03. The number of rotatable bonds is 4. The van der Waals surface area contributed by atoms with Crippen LogP contribution in [0.4, 0.5) is 0 Å². The molecule has 24 heavy (non-hydrogen) atoms. The standard InChI is InChI=1S/C18H15N3O3/c1-11-16(12(2)22)17-15(9-8-14-18(17)20-24-19-14)21(11)23-10-13-6-4-3-5-7-13/h3-9H,10H2,1-2H3. The smallest absolute Gasteiger partial charge is 0.162 e. The molecule has 6 nitrogen and oxygen atoms in total. The van der Waals surface area contributed by atoms with Crippen LogP contribution in [0.5, 0.6) is 0 Å². The normalized spacial score (nSPS) is 11.2. The van der Waals surface area contributed by atoms with E-state index in [2.05, 4.69) is 10.3 Å². The summed E-state index contributed by atoms with van der Waals surface area (Å²) in [4.78, 5) is 18.2. The predicted octanol–water partition coefficient (Wildman–Crippen LogP) is 3.32. The number of carbonyl (C=O) groups is 1. The number of benzene rings is 2. The number of hydrogen-bond donors (Lipinski definition) is 0. The van der Waals surface area contributed by atoms with Crippen LogP contribution in [-0.4, -0.2) is 20.8 Å². The van der Waals surface area contributed by atoms with Gasteiger partial charge in [0, 0.05) is 5.39 Å². The molecule has 0 aliphatic rings. The number of fused-ring (bicyclic) bond motifs is 3. The molecular formula is C18H15N3O3. The van der Waals surface area contributed by atoms with Crippen LogP contribution in [0.2, 0.25) is 0 Å². The van der Waals surface area contributed by atoms with Gasteiger partial charge in [0.25, 0.3) is 0 Å². The lowest BCUT2D eigenvalue weighted by Crippen LogP contribution is -2.13. The van der Waals surface area contributed by atoms with Gasteiger partial charge < -0.3 is 4.84 Å². The number of nitrogens with zero attached hydrogens (tertiary/aromatic N) is 3. The van der Waals surface area contributed by atoms with Gasteiger partial charge in [0.1, 0.15) is 17.6 Å². The number of hydrogen-bond acceptors (Lipinski definition) is 5. The van der Waals surface area contributed by atoms with Crippen molar-refractivity contribution in [1.29, 1.82) is 0 Å². The van der Waals surface area contributed by atoms with E-state index in [4.69, 9.17) is 9.47 Å². The van der Waals surface area contributed by atoms with Gasteiger partial charge in [-0.2, -0.15) is 4.73 Å². The summed E-state index contributed by atoms with van der Waals surface area (Å²) in [6, 6.07) is 13.5. The van der Waals surface area contributed by atoms with E-state index in [0.717, 1.165) is 16.8 Å². The zero-order valence-electron chi connectivity index (χ0n) is 13.3. The Hall–Kier alpha value is -3.15. The maximum absolute atomic E-state index is 12.2. The van der Waals surface area contributed by atoms with Gasteiger partial charge in [-0.05, 0) is 41.9 Å². The van der Waals surface area contributed by atoms with Crippen LogP contribution in [0.3, 0.4) is 0 Å². The second-order valence-electron chi connectivity index (χ2n) is 5.66. The molecule has 0 spiro atoms. The fourth-order valence-electron chi connectivity index (χ4n) is 3.03. The molecule has 4 rings (SSSR count). The Morgan fingerprint density at radius 2 is 1.96 bits per heavy atom. The summed E-state index contributed by atoms with van der Waals surface area (Å²) in [7, 11) is 0. The summed E-state index contributed by atoms with van der Waals surface area (Å²) in [6.45, 7) is 3.80. The Labute approximate surface area is 137 Å². The number of ketones is 1. The Bertz CT molecular complexity index is 1050. The summed E-state index contributed by atoms with van der Waals surface area (Å²) in [6.07, 6.45) is 0. The predicted molar refractivity (Wildman–Crippen MR) is 88.8 cm³/mol. The molecule has 2 aromatic carbocycles. The topological polar surface area (TPSA) is 70.2 Å². The molecule has 0 fully saturated rings. The Balaban J connectivity index is 1.89. The molecule has 0 bridgehead atoms. The van der Waals surface area contributed by atoms with Crippen LogP contribution in [0.1, 0.15) is 28.5 Å². The van der Waals surface area contributed by atoms with Crippen LogP contribution in [0, 0.1) is 6.92 Å². The molecule has 0 aliphatic heterocycles. The molecule has 0 saturated carbocycles. The van der Waals surface area contributed by atoms with Crippen molar-refractivity contribution in [1.82, 2.24) is 15.0 Å². The van der Waals surface area contributed by atoms with E-state index in [-0.39, 0.29) is 5.78 Å². The van der Waals surface area contributed by atoms with Gasteiger partial charge in [-0.25, -0.2) is 4.63 Å². The molecule has 0 aliphatic carbocycles. The van der Waals surface area contributed by atoms with Gasteiger partial charge in [0.15, 0.2) is 5.78 Å². The zero-order chi connectivity index (χ0) is 16.7. The lowest BCUT2D eigenvalue weighted by molar-refractivity contribution is 0.0973. The first-order chi connectivity index (χ1) is 11.7. The maximum atomic E-state index is 12.2. The first-order valence-corrected chi connectivity index (χ1v) is 7.61. The van der Waals surface area contributed by atoms with Crippen LogP contribution < -0.4 is 4.84 Å². The van der Waals surface area contributed by atoms with Crippen molar-refractivity contribution in [2.45, 2.75) is 20.5 Å². The van der Waals surface area contributed by atoms with Crippen molar-refractivity contribution in [2.24, 2.45) is 0 Å². The summed E-state index contributed by atoms with van der Waals surface area (Å²) in [5.41, 5.74) is 4.33. The lowest BCUT2D eigenvalue weighted by atomic mass is 10.1. The van der Waals surface area contributed by atoms with E-state index < -0.39 is 0 Å². The van der Waals surface area contributed by atoms with E-state index in [0.29, 0.717) is 28.6 Å². The van der Waals surface area contributed by atoms with Crippen molar-refractivity contribution < 1.29 is 14.3 Å². The molecule has 120 valence electrons. The Kier molecular flexibility index (Phi) is 3.30. The molecule has 2 heterocycles. The molecule has 6 heteroatoms.